The molecule has 4 rings (SSSR count). The van der Waals surface area contributed by atoms with Gasteiger partial charge in [0.1, 0.15) is 12.4 Å². The van der Waals surface area contributed by atoms with Gasteiger partial charge in [0.15, 0.2) is 0 Å². The van der Waals surface area contributed by atoms with Crippen molar-refractivity contribution in [2.45, 2.75) is 6.61 Å². The van der Waals surface area contributed by atoms with Crippen molar-refractivity contribution in [3.8, 4) is 5.75 Å². The van der Waals surface area contributed by atoms with Crippen LogP contribution in [0, 0.1) is 0 Å². The van der Waals surface area contributed by atoms with E-state index in [-0.39, 0.29) is 5.91 Å². The average molecular weight is 459 g/mol. The van der Waals surface area contributed by atoms with E-state index in [0.29, 0.717) is 17.9 Å². The van der Waals surface area contributed by atoms with Crippen LogP contribution in [-0.2, 0) is 6.61 Å². The molecule has 5 heteroatoms. The molecule has 0 spiro atoms. The van der Waals surface area contributed by atoms with Gasteiger partial charge < -0.3 is 4.74 Å². The lowest BCUT2D eigenvalue weighted by Crippen LogP contribution is -2.17. The second-order valence-electron chi connectivity index (χ2n) is 6.67. The van der Waals surface area contributed by atoms with Crippen LogP contribution in [0.4, 0.5) is 0 Å². The number of benzene rings is 4. The predicted octanol–water partition coefficient (Wildman–Crippen LogP) is 5.95. The van der Waals surface area contributed by atoms with Gasteiger partial charge in [-0.05, 0) is 46.7 Å². The third-order valence-electron chi connectivity index (χ3n) is 4.64. The van der Waals surface area contributed by atoms with Crippen molar-refractivity contribution in [1.29, 1.82) is 0 Å². The van der Waals surface area contributed by atoms with Crippen LogP contribution < -0.4 is 10.2 Å². The van der Waals surface area contributed by atoms with Gasteiger partial charge >= 0.3 is 0 Å². The molecule has 1 N–H and O–H groups in total. The van der Waals surface area contributed by atoms with E-state index in [1.165, 1.54) is 10.8 Å². The minimum atomic E-state index is -0.276. The summed E-state index contributed by atoms with van der Waals surface area (Å²) in [7, 11) is 0. The Balaban J connectivity index is 1.46. The summed E-state index contributed by atoms with van der Waals surface area (Å²) in [5, 5.41) is 6.45. The van der Waals surface area contributed by atoms with E-state index in [0.717, 1.165) is 15.6 Å². The van der Waals surface area contributed by atoms with Crippen molar-refractivity contribution in [3.63, 3.8) is 0 Å². The molecule has 0 heterocycles. The zero-order valence-electron chi connectivity index (χ0n) is 16.1. The number of halogens is 1. The Labute approximate surface area is 183 Å². The summed E-state index contributed by atoms with van der Waals surface area (Å²) in [6.07, 6.45) is 1.59. The molecule has 4 aromatic carbocycles. The molecule has 0 saturated heterocycles. The molecule has 0 saturated carbocycles. The second kappa shape index (κ2) is 9.37. The molecule has 0 unspecified atom stereocenters. The smallest absolute Gasteiger partial charge is 0.271 e. The lowest BCUT2D eigenvalue weighted by molar-refractivity contribution is 0.0955. The number of rotatable bonds is 6. The van der Waals surface area contributed by atoms with Crippen molar-refractivity contribution in [1.82, 2.24) is 5.43 Å². The minimum Gasteiger partial charge on any atom is -0.488 e. The molecule has 30 heavy (non-hydrogen) atoms. The molecule has 0 fully saturated rings. The molecule has 0 aliphatic rings. The molecule has 4 aromatic rings. The standard InChI is InChI=1S/C25H19BrN2O2/c26-22-12-6-10-19(15-22)25(29)28-27-16-20-8-2-4-14-24(20)30-17-21-11-5-9-18-7-1-3-13-23(18)21/h1-16H,17H2,(H,28,29)/b27-16-. The first kappa shape index (κ1) is 19.9. The van der Waals surface area contributed by atoms with Crippen LogP contribution in [0.3, 0.4) is 0 Å². The summed E-state index contributed by atoms with van der Waals surface area (Å²) in [6, 6.07) is 29.2. The number of ether oxygens (including phenoxy) is 1. The zero-order valence-corrected chi connectivity index (χ0v) is 17.7. The first-order valence-electron chi connectivity index (χ1n) is 9.48. The van der Waals surface area contributed by atoms with Crippen LogP contribution in [0.25, 0.3) is 10.8 Å². The van der Waals surface area contributed by atoms with Gasteiger partial charge in [-0.3, -0.25) is 4.79 Å². The fourth-order valence-electron chi connectivity index (χ4n) is 3.15. The summed E-state index contributed by atoms with van der Waals surface area (Å²) in [5.41, 5.74) is 4.98. The Hall–Kier alpha value is -3.44. The van der Waals surface area contributed by atoms with E-state index in [9.17, 15) is 4.79 Å². The lowest BCUT2D eigenvalue weighted by Gasteiger charge is -2.11. The fraction of sp³-hybridized carbons (Fsp3) is 0.0400. The maximum atomic E-state index is 12.2. The van der Waals surface area contributed by atoms with Crippen LogP contribution in [0.1, 0.15) is 21.5 Å². The number of para-hydroxylation sites is 1. The van der Waals surface area contributed by atoms with E-state index >= 15 is 0 Å². The maximum absolute atomic E-state index is 12.2. The Morgan fingerprint density at radius 1 is 0.933 bits per heavy atom. The van der Waals surface area contributed by atoms with Crippen LogP contribution in [-0.4, -0.2) is 12.1 Å². The molecule has 1 amide bonds. The Kier molecular flexibility index (Phi) is 6.20. The van der Waals surface area contributed by atoms with E-state index < -0.39 is 0 Å². The number of fused-ring (bicyclic) bond motifs is 1. The molecule has 0 atom stereocenters. The molecule has 0 aliphatic heterocycles. The first-order valence-corrected chi connectivity index (χ1v) is 10.3. The number of carbonyl (C=O) groups excluding carboxylic acids is 1. The van der Waals surface area contributed by atoms with Crippen LogP contribution in [0.15, 0.2) is 101 Å². The van der Waals surface area contributed by atoms with Gasteiger partial charge in [0.2, 0.25) is 0 Å². The molecule has 4 nitrogen and oxygen atoms in total. The highest BCUT2D eigenvalue weighted by Gasteiger charge is 2.06. The highest BCUT2D eigenvalue weighted by atomic mass is 79.9. The van der Waals surface area contributed by atoms with E-state index in [4.69, 9.17) is 4.74 Å². The largest absolute Gasteiger partial charge is 0.488 e. The van der Waals surface area contributed by atoms with E-state index in [2.05, 4.69) is 50.7 Å². The van der Waals surface area contributed by atoms with Crippen molar-refractivity contribution >= 4 is 38.8 Å². The zero-order chi connectivity index (χ0) is 20.8. The summed E-state index contributed by atoms with van der Waals surface area (Å²) in [5.74, 6) is 0.424. The quantitative estimate of drug-likeness (QED) is 0.286. The van der Waals surface area contributed by atoms with Gasteiger partial charge in [-0.1, -0.05) is 76.6 Å². The molecule has 148 valence electrons. The van der Waals surface area contributed by atoms with Gasteiger partial charge in [0.25, 0.3) is 5.91 Å². The van der Waals surface area contributed by atoms with Crippen molar-refractivity contribution in [3.05, 3.63) is 112 Å². The summed E-state index contributed by atoms with van der Waals surface area (Å²) in [4.78, 5) is 12.2. The Morgan fingerprint density at radius 3 is 2.60 bits per heavy atom. The fourth-order valence-corrected chi connectivity index (χ4v) is 3.55. The van der Waals surface area contributed by atoms with Crippen LogP contribution >= 0.6 is 15.9 Å². The number of hydrogen-bond acceptors (Lipinski definition) is 3. The number of hydrogen-bond donors (Lipinski definition) is 1. The topological polar surface area (TPSA) is 50.7 Å². The first-order chi connectivity index (χ1) is 14.7. The molecule has 0 aliphatic carbocycles. The van der Waals surface area contributed by atoms with Crippen LogP contribution in [0.5, 0.6) is 5.75 Å². The Morgan fingerprint density at radius 2 is 1.70 bits per heavy atom. The van der Waals surface area contributed by atoms with Crippen molar-refractivity contribution in [2.75, 3.05) is 0 Å². The lowest BCUT2D eigenvalue weighted by atomic mass is 10.1. The van der Waals surface area contributed by atoms with Gasteiger partial charge in [-0.15, -0.1) is 0 Å². The highest BCUT2D eigenvalue weighted by molar-refractivity contribution is 9.10. The molecule has 0 bridgehead atoms. The van der Waals surface area contributed by atoms with E-state index in [1.54, 1.807) is 24.4 Å². The van der Waals surface area contributed by atoms with E-state index in [1.807, 2.05) is 48.5 Å². The molecular formula is C25H19BrN2O2. The highest BCUT2D eigenvalue weighted by Crippen LogP contribution is 2.22. The average Bonchev–Trinajstić information content (AvgIpc) is 2.78. The van der Waals surface area contributed by atoms with Crippen LogP contribution in [0.2, 0.25) is 0 Å². The predicted molar refractivity (Wildman–Crippen MR) is 124 cm³/mol. The van der Waals surface area contributed by atoms with Crippen molar-refractivity contribution in [2.24, 2.45) is 5.10 Å². The molecule has 0 radical (unpaired) electrons. The third kappa shape index (κ3) is 4.75. The number of nitrogens with zero attached hydrogens (tertiary/aromatic N) is 1. The number of hydrazone groups is 1. The normalized spacial score (nSPS) is 11.0. The van der Waals surface area contributed by atoms with Gasteiger partial charge in [0.05, 0.1) is 6.21 Å². The molecule has 0 aromatic heterocycles. The van der Waals surface area contributed by atoms with Gasteiger partial charge in [-0.2, -0.15) is 5.10 Å². The molecular weight excluding hydrogens is 440 g/mol. The summed E-state index contributed by atoms with van der Waals surface area (Å²) >= 11 is 3.36. The summed E-state index contributed by atoms with van der Waals surface area (Å²) in [6.45, 7) is 0.441. The second-order valence-corrected chi connectivity index (χ2v) is 7.59. The number of nitrogens with one attached hydrogen (secondary N) is 1. The minimum absolute atomic E-state index is 0.276. The Bertz CT molecular complexity index is 1220. The number of carbonyl (C=O) groups is 1. The summed E-state index contributed by atoms with van der Waals surface area (Å²) < 4.78 is 6.92. The van der Waals surface area contributed by atoms with Crippen molar-refractivity contribution < 1.29 is 9.53 Å². The maximum Gasteiger partial charge on any atom is 0.271 e. The van der Waals surface area contributed by atoms with Gasteiger partial charge in [-0.25, -0.2) is 5.43 Å². The third-order valence-corrected chi connectivity index (χ3v) is 5.13. The number of amides is 1. The van der Waals surface area contributed by atoms with Gasteiger partial charge in [0, 0.05) is 15.6 Å². The SMILES string of the molecule is O=C(N/N=C\c1ccccc1OCc1cccc2ccccc12)c1cccc(Br)c1. The monoisotopic (exact) mass is 458 g/mol.